The SMILES string of the molecule is CCc1ccc(CC(Cc2cc(C)cc(C)c2)NN)nc1. The molecule has 0 amide bonds. The van der Waals surface area contributed by atoms with Crippen LogP contribution in [-0.2, 0) is 19.3 Å². The summed E-state index contributed by atoms with van der Waals surface area (Å²) in [5.74, 6) is 5.72. The van der Waals surface area contributed by atoms with Gasteiger partial charge >= 0.3 is 0 Å². The number of aromatic nitrogens is 1. The van der Waals surface area contributed by atoms with E-state index in [4.69, 9.17) is 5.84 Å². The molecule has 1 atom stereocenters. The molecule has 0 spiro atoms. The van der Waals surface area contributed by atoms with Crippen molar-refractivity contribution in [1.29, 1.82) is 0 Å². The number of rotatable bonds is 6. The highest BCUT2D eigenvalue weighted by molar-refractivity contribution is 5.29. The second-order valence-electron chi connectivity index (χ2n) is 5.78. The van der Waals surface area contributed by atoms with Crippen molar-refractivity contribution in [2.45, 2.75) is 46.1 Å². The number of hydrogen-bond donors (Lipinski definition) is 2. The zero-order valence-electron chi connectivity index (χ0n) is 13.2. The highest BCUT2D eigenvalue weighted by Crippen LogP contribution is 2.13. The monoisotopic (exact) mass is 283 g/mol. The summed E-state index contributed by atoms with van der Waals surface area (Å²) in [7, 11) is 0. The molecule has 1 heterocycles. The zero-order chi connectivity index (χ0) is 15.2. The molecule has 1 unspecified atom stereocenters. The summed E-state index contributed by atoms with van der Waals surface area (Å²) in [4.78, 5) is 4.52. The topological polar surface area (TPSA) is 50.9 Å². The van der Waals surface area contributed by atoms with Crippen molar-refractivity contribution in [3.8, 4) is 0 Å². The summed E-state index contributed by atoms with van der Waals surface area (Å²) in [6.07, 6.45) is 4.73. The zero-order valence-corrected chi connectivity index (χ0v) is 13.2. The molecule has 1 aromatic heterocycles. The molecule has 1 aromatic carbocycles. The molecule has 3 nitrogen and oxygen atoms in total. The fourth-order valence-corrected chi connectivity index (χ4v) is 2.70. The van der Waals surface area contributed by atoms with Crippen molar-refractivity contribution in [3.63, 3.8) is 0 Å². The van der Waals surface area contributed by atoms with Gasteiger partial charge in [-0.05, 0) is 43.9 Å². The molecular weight excluding hydrogens is 258 g/mol. The first-order valence-electron chi connectivity index (χ1n) is 7.57. The van der Waals surface area contributed by atoms with Crippen LogP contribution in [0.15, 0.2) is 36.5 Å². The van der Waals surface area contributed by atoms with E-state index in [1.54, 1.807) is 0 Å². The van der Waals surface area contributed by atoms with E-state index in [0.29, 0.717) is 0 Å². The van der Waals surface area contributed by atoms with Gasteiger partial charge < -0.3 is 0 Å². The first-order valence-corrected chi connectivity index (χ1v) is 7.57. The number of nitrogens with two attached hydrogens (primary N) is 1. The average molecular weight is 283 g/mol. The van der Waals surface area contributed by atoms with Gasteiger partial charge in [0.1, 0.15) is 0 Å². The summed E-state index contributed by atoms with van der Waals surface area (Å²) >= 11 is 0. The first-order chi connectivity index (χ1) is 10.1. The average Bonchev–Trinajstić information content (AvgIpc) is 2.46. The third-order valence-electron chi connectivity index (χ3n) is 3.75. The van der Waals surface area contributed by atoms with E-state index in [1.807, 2.05) is 6.20 Å². The Labute approximate surface area is 127 Å². The molecule has 0 fully saturated rings. The summed E-state index contributed by atoms with van der Waals surface area (Å²) in [6.45, 7) is 6.40. The van der Waals surface area contributed by atoms with Crippen molar-refractivity contribution >= 4 is 0 Å². The van der Waals surface area contributed by atoms with E-state index < -0.39 is 0 Å². The molecule has 2 aromatic rings. The predicted octanol–water partition coefficient (Wildman–Crippen LogP) is 2.88. The molecule has 0 aliphatic rings. The molecule has 3 heteroatoms. The molecule has 0 saturated heterocycles. The van der Waals surface area contributed by atoms with E-state index in [0.717, 1.165) is 25.0 Å². The van der Waals surface area contributed by atoms with Crippen molar-refractivity contribution in [3.05, 3.63) is 64.5 Å². The minimum atomic E-state index is 0.200. The Morgan fingerprint density at radius 1 is 1.05 bits per heavy atom. The van der Waals surface area contributed by atoms with Crippen molar-refractivity contribution in [2.24, 2.45) is 5.84 Å². The van der Waals surface area contributed by atoms with Gasteiger partial charge in [-0.3, -0.25) is 16.3 Å². The highest BCUT2D eigenvalue weighted by atomic mass is 15.2. The van der Waals surface area contributed by atoms with E-state index in [9.17, 15) is 0 Å². The third-order valence-corrected chi connectivity index (χ3v) is 3.75. The van der Waals surface area contributed by atoms with Crippen molar-refractivity contribution in [2.75, 3.05) is 0 Å². The molecule has 0 aliphatic heterocycles. The largest absolute Gasteiger partial charge is 0.271 e. The molecule has 0 bridgehead atoms. The van der Waals surface area contributed by atoms with Gasteiger partial charge in [0.05, 0.1) is 0 Å². The summed E-state index contributed by atoms with van der Waals surface area (Å²) in [5, 5.41) is 0. The standard InChI is InChI=1S/C18H25N3/c1-4-15-5-6-17(20-12-15)11-18(21-19)10-16-8-13(2)7-14(3)9-16/h5-9,12,18,21H,4,10-11,19H2,1-3H3. The van der Waals surface area contributed by atoms with Gasteiger partial charge in [-0.1, -0.05) is 42.3 Å². The Morgan fingerprint density at radius 3 is 2.29 bits per heavy atom. The minimum absolute atomic E-state index is 0.200. The number of aryl methyl sites for hydroxylation is 3. The van der Waals surface area contributed by atoms with Crippen LogP contribution in [0.3, 0.4) is 0 Å². The fourth-order valence-electron chi connectivity index (χ4n) is 2.70. The summed E-state index contributed by atoms with van der Waals surface area (Å²) in [6, 6.07) is 11.1. The lowest BCUT2D eigenvalue weighted by Gasteiger charge is -2.16. The van der Waals surface area contributed by atoms with Crippen LogP contribution in [-0.4, -0.2) is 11.0 Å². The second kappa shape index (κ2) is 7.34. The number of nitrogens with zero attached hydrogens (tertiary/aromatic N) is 1. The number of hydrazine groups is 1. The van der Waals surface area contributed by atoms with E-state index >= 15 is 0 Å². The lowest BCUT2D eigenvalue weighted by atomic mass is 9.98. The lowest BCUT2D eigenvalue weighted by Crippen LogP contribution is -2.38. The number of benzene rings is 1. The van der Waals surface area contributed by atoms with Crippen LogP contribution in [0.1, 0.15) is 34.9 Å². The Bertz CT molecular complexity index is 555. The Morgan fingerprint density at radius 2 is 1.76 bits per heavy atom. The van der Waals surface area contributed by atoms with Crippen LogP contribution in [0.2, 0.25) is 0 Å². The van der Waals surface area contributed by atoms with E-state index in [-0.39, 0.29) is 6.04 Å². The highest BCUT2D eigenvalue weighted by Gasteiger charge is 2.10. The minimum Gasteiger partial charge on any atom is -0.271 e. The first kappa shape index (κ1) is 15.7. The van der Waals surface area contributed by atoms with Gasteiger partial charge in [-0.25, -0.2) is 0 Å². The Hall–Kier alpha value is -1.71. The summed E-state index contributed by atoms with van der Waals surface area (Å²) in [5.41, 5.74) is 9.19. The molecule has 0 radical (unpaired) electrons. The maximum Gasteiger partial charge on any atom is 0.0419 e. The Balaban J connectivity index is 2.05. The number of nitrogens with one attached hydrogen (secondary N) is 1. The second-order valence-corrected chi connectivity index (χ2v) is 5.78. The molecule has 3 N–H and O–H groups in total. The fraction of sp³-hybridized carbons (Fsp3) is 0.389. The van der Waals surface area contributed by atoms with Gasteiger partial charge in [0, 0.05) is 24.4 Å². The summed E-state index contributed by atoms with van der Waals surface area (Å²) < 4.78 is 0. The van der Waals surface area contributed by atoms with Crippen LogP contribution in [0.4, 0.5) is 0 Å². The molecule has 2 rings (SSSR count). The van der Waals surface area contributed by atoms with E-state index in [2.05, 4.69) is 61.5 Å². The van der Waals surface area contributed by atoms with Gasteiger partial charge in [0.25, 0.3) is 0 Å². The lowest BCUT2D eigenvalue weighted by molar-refractivity contribution is 0.517. The molecule has 0 saturated carbocycles. The van der Waals surface area contributed by atoms with Gasteiger partial charge in [-0.15, -0.1) is 0 Å². The smallest absolute Gasteiger partial charge is 0.0419 e. The normalized spacial score (nSPS) is 12.4. The van der Waals surface area contributed by atoms with Crippen LogP contribution >= 0.6 is 0 Å². The third kappa shape index (κ3) is 4.66. The molecule has 21 heavy (non-hydrogen) atoms. The Kier molecular flexibility index (Phi) is 5.48. The van der Waals surface area contributed by atoms with Crippen LogP contribution in [0.5, 0.6) is 0 Å². The molecule has 112 valence electrons. The van der Waals surface area contributed by atoms with Crippen LogP contribution < -0.4 is 11.3 Å². The quantitative estimate of drug-likeness (QED) is 0.633. The molecular formula is C18H25N3. The van der Waals surface area contributed by atoms with E-state index in [1.165, 1.54) is 22.3 Å². The predicted molar refractivity (Wildman–Crippen MR) is 88.1 cm³/mol. The van der Waals surface area contributed by atoms with Gasteiger partial charge in [-0.2, -0.15) is 0 Å². The van der Waals surface area contributed by atoms with Gasteiger partial charge in [0.15, 0.2) is 0 Å². The van der Waals surface area contributed by atoms with Crippen LogP contribution in [0.25, 0.3) is 0 Å². The van der Waals surface area contributed by atoms with Crippen molar-refractivity contribution < 1.29 is 0 Å². The van der Waals surface area contributed by atoms with Crippen molar-refractivity contribution in [1.82, 2.24) is 10.4 Å². The maximum atomic E-state index is 5.72. The van der Waals surface area contributed by atoms with Gasteiger partial charge in [0.2, 0.25) is 0 Å². The van der Waals surface area contributed by atoms with Crippen LogP contribution in [0, 0.1) is 13.8 Å². The number of hydrogen-bond acceptors (Lipinski definition) is 3. The molecule has 0 aliphatic carbocycles. The maximum absolute atomic E-state index is 5.72. The number of pyridine rings is 1.